The number of ether oxygens (including phenoxy) is 1. The summed E-state index contributed by atoms with van der Waals surface area (Å²) in [6.45, 7) is 1.96. The van der Waals surface area contributed by atoms with E-state index in [1.807, 2.05) is 19.1 Å². The highest BCUT2D eigenvalue weighted by Crippen LogP contribution is 2.16. The van der Waals surface area contributed by atoms with Gasteiger partial charge in [-0.25, -0.2) is 0 Å². The average Bonchev–Trinajstić information content (AvgIpc) is 2.54. The Bertz CT molecular complexity index is 657. The first kappa shape index (κ1) is 16.0. The summed E-state index contributed by atoms with van der Waals surface area (Å²) in [4.78, 5) is 23.0. The van der Waals surface area contributed by atoms with Crippen molar-refractivity contribution in [3.8, 4) is 0 Å². The van der Waals surface area contributed by atoms with Crippen molar-refractivity contribution in [1.29, 1.82) is 0 Å². The summed E-state index contributed by atoms with van der Waals surface area (Å²) in [6.07, 6.45) is 0. The molecule has 0 saturated heterocycles. The minimum atomic E-state index is -0.330. The van der Waals surface area contributed by atoms with Crippen LogP contribution in [0, 0.1) is 6.92 Å². The van der Waals surface area contributed by atoms with Gasteiger partial charge in [-0.3, -0.25) is 9.59 Å². The Morgan fingerprint density at radius 2 is 1.86 bits per heavy atom. The van der Waals surface area contributed by atoms with Crippen LogP contribution < -0.4 is 5.32 Å². The topological polar surface area (TPSA) is 81.2 Å². The fraction of sp³-hybridized carbons (Fsp3) is 0.200. The van der Waals surface area contributed by atoms with Gasteiger partial charge in [0.25, 0.3) is 5.91 Å². The molecule has 0 bridgehead atoms. The number of methoxy groups -OCH3 is 1. The smallest absolute Gasteiger partial charge is 0.316 e. The number of esters is 1. The van der Waals surface area contributed by atoms with Crippen LogP contribution in [0.4, 0.5) is 5.82 Å². The molecule has 0 aliphatic carbocycles. The maximum atomic E-state index is 12.0. The van der Waals surface area contributed by atoms with E-state index in [2.05, 4.69) is 20.3 Å². The van der Waals surface area contributed by atoms with E-state index in [1.54, 1.807) is 24.3 Å². The first-order chi connectivity index (χ1) is 10.6. The molecule has 0 aliphatic rings. The quantitative estimate of drug-likeness (QED) is 0.673. The van der Waals surface area contributed by atoms with E-state index in [-0.39, 0.29) is 17.6 Å². The Kier molecular flexibility index (Phi) is 5.48. The summed E-state index contributed by atoms with van der Waals surface area (Å²) in [5, 5.41) is 11.1. The van der Waals surface area contributed by atoms with Crippen LogP contribution in [0.2, 0.25) is 0 Å². The maximum absolute atomic E-state index is 12.0. The molecule has 7 heteroatoms. The zero-order chi connectivity index (χ0) is 15.9. The first-order valence-electron chi connectivity index (χ1n) is 6.50. The summed E-state index contributed by atoms with van der Waals surface area (Å²) < 4.78 is 4.54. The Hall–Kier alpha value is -2.41. The van der Waals surface area contributed by atoms with Crippen molar-refractivity contribution in [3.05, 3.63) is 47.5 Å². The van der Waals surface area contributed by atoms with Crippen LogP contribution in [-0.2, 0) is 9.53 Å². The number of carbonyl (C=O) groups is 2. The second-order valence-electron chi connectivity index (χ2n) is 4.44. The Labute approximate surface area is 132 Å². The summed E-state index contributed by atoms with van der Waals surface area (Å²) in [5.41, 5.74) is 1.64. The van der Waals surface area contributed by atoms with Gasteiger partial charge in [-0.05, 0) is 31.2 Å². The Balaban J connectivity index is 1.94. The van der Waals surface area contributed by atoms with E-state index >= 15 is 0 Å². The molecular weight excluding hydrogens is 302 g/mol. The van der Waals surface area contributed by atoms with E-state index < -0.39 is 0 Å². The third-order valence-electron chi connectivity index (χ3n) is 2.76. The van der Waals surface area contributed by atoms with Crippen LogP contribution in [0.15, 0.2) is 41.4 Å². The summed E-state index contributed by atoms with van der Waals surface area (Å²) in [7, 11) is 1.33. The van der Waals surface area contributed by atoms with Gasteiger partial charge in [0.05, 0.1) is 12.9 Å². The molecule has 2 rings (SSSR count). The van der Waals surface area contributed by atoms with Crippen molar-refractivity contribution in [2.45, 2.75) is 11.9 Å². The van der Waals surface area contributed by atoms with Gasteiger partial charge in [-0.1, -0.05) is 29.5 Å². The molecule has 0 unspecified atom stereocenters. The average molecular weight is 317 g/mol. The summed E-state index contributed by atoms with van der Waals surface area (Å²) in [6, 6.07) is 10.6. The lowest BCUT2D eigenvalue weighted by Crippen LogP contribution is -2.13. The molecule has 1 aromatic heterocycles. The van der Waals surface area contributed by atoms with Crippen LogP contribution in [0.5, 0.6) is 0 Å². The van der Waals surface area contributed by atoms with Gasteiger partial charge in [0, 0.05) is 5.56 Å². The lowest BCUT2D eigenvalue weighted by atomic mass is 10.1. The molecule has 6 nitrogen and oxygen atoms in total. The second kappa shape index (κ2) is 7.56. The highest BCUT2D eigenvalue weighted by Gasteiger charge is 2.08. The SMILES string of the molecule is COC(=O)CSc1ccc(NC(=O)c2ccc(C)cc2)nn1. The number of nitrogens with one attached hydrogen (secondary N) is 1. The predicted octanol–water partition coefficient (Wildman–Crippen LogP) is 2.30. The van der Waals surface area contributed by atoms with Crippen molar-refractivity contribution in [1.82, 2.24) is 10.2 Å². The van der Waals surface area contributed by atoms with Crippen molar-refractivity contribution in [2.75, 3.05) is 18.2 Å². The molecule has 114 valence electrons. The van der Waals surface area contributed by atoms with Crippen LogP contribution >= 0.6 is 11.8 Å². The van der Waals surface area contributed by atoms with Crippen LogP contribution in [0.1, 0.15) is 15.9 Å². The number of rotatable bonds is 5. The van der Waals surface area contributed by atoms with Crippen LogP contribution in [0.25, 0.3) is 0 Å². The molecule has 1 heterocycles. The third-order valence-corrected chi connectivity index (χ3v) is 3.65. The number of aromatic nitrogens is 2. The zero-order valence-corrected chi connectivity index (χ0v) is 13.0. The normalized spacial score (nSPS) is 10.1. The number of aryl methyl sites for hydroxylation is 1. The molecular formula is C15H15N3O3S. The Morgan fingerprint density at radius 1 is 1.14 bits per heavy atom. The second-order valence-corrected chi connectivity index (χ2v) is 5.44. The highest BCUT2D eigenvalue weighted by atomic mass is 32.2. The summed E-state index contributed by atoms with van der Waals surface area (Å²) >= 11 is 1.22. The molecule has 0 radical (unpaired) electrons. The summed E-state index contributed by atoms with van der Waals surface area (Å²) in [5.74, 6) is -0.0546. The molecule has 1 aromatic carbocycles. The standard InChI is InChI=1S/C15H15N3O3S/c1-10-3-5-11(6-4-10)15(20)16-12-7-8-13(18-17-12)22-9-14(19)21-2/h3-8H,9H2,1-2H3,(H,16,17,20). The van der Waals surface area contributed by atoms with E-state index in [0.717, 1.165) is 5.56 Å². The molecule has 0 saturated carbocycles. The molecule has 0 atom stereocenters. The van der Waals surface area contributed by atoms with E-state index in [0.29, 0.717) is 16.4 Å². The molecule has 2 aromatic rings. The van der Waals surface area contributed by atoms with Gasteiger partial charge in [0.2, 0.25) is 0 Å². The van der Waals surface area contributed by atoms with Gasteiger partial charge >= 0.3 is 5.97 Å². The minimum absolute atomic E-state index is 0.167. The third kappa shape index (κ3) is 4.56. The number of carbonyl (C=O) groups excluding carboxylic acids is 2. The molecule has 0 fully saturated rings. The number of anilines is 1. The molecule has 0 aliphatic heterocycles. The number of hydrogen-bond donors (Lipinski definition) is 1. The van der Waals surface area contributed by atoms with Gasteiger partial charge in [-0.15, -0.1) is 10.2 Å². The lowest BCUT2D eigenvalue weighted by molar-refractivity contribution is -0.137. The number of thioether (sulfide) groups is 1. The number of nitrogens with zero attached hydrogens (tertiary/aromatic N) is 2. The van der Waals surface area contributed by atoms with Crippen molar-refractivity contribution < 1.29 is 14.3 Å². The van der Waals surface area contributed by atoms with Gasteiger partial charge < -0.3 is 10.1 Å². The van der Waals surface area contributed by atoms with Gasteiger partial charge in [0.1, 0.15) is 5.03 Å². The van der Waals surface area contributed by atoms with E-state index in [1.165, 1.54) is 18.9 Å². The zero-order valence-electron chi connectivity index (χ0n) is 12.2. The number of hydrogen-bond acceptors (Lipinski definition) is 6. The van der Waals surface area contributed by atoms with Gasteiger partial charge in [-0.2, -0.15) is 0 Å². The molecule has 1 amide bonds. The highest BCUT2D eigenvalue weighted by molar-refractivity contribution is 7.99. The van der Waals surface area contributed by atoms with Crippen molar-refractivity contribution >= 4 is 29.5 Å². The first-order valence-corrected chi connectivity index (χ1v) is 7.48. The number of benzene rings is 1. The molecule has 1 N–H and O–H groups in total. The minimum Gasteiger partial charge on any atom is -0.468 e. The van der Waals surface area contributed by atoms with Crippen molar-refractivity contribution in [3.63, 3.8) is 0 Å². The fourth-order valence-corrected chi connectivity index (χ4v) is 2.20. The van der Waals surface area contributed by atoms with Crippen LogP contribution in [0.3, 0.4) is 0 Å². The lowest BCUT2D eigenvalue weighted by Gasteiger charge is -2.05. The maximum Gasteiger partial charge on any atom is 0.316 e. The van der Waals surface area contributed by atoms with Gasteiger partial charge in [0.15, 0.2) is 5.82 Å². The predicted molar refractivity (Wildman–Crippen MR) is 83.9 cm³/mol. The van der Waals surface area contributed by atoms with E-state index in [9.17, 15) is 9.59 Å². The molecule has 22 heavy (non-hydrogen) atoms. The Morgan fingerprint density at radius 3 is 2.45 bits per heavy atom. The largest absolute Gasteiger partial charge is 0.468 e. The monoisotopic (exact) mass is 317 g/mol. The van der Waals surface area contributed by atoms with Crippen molar-refractivity contribution in [2.24, 2.45) is 0 Å². The van der Waals surface area contributed by atoms with E-state index in [4.69, 9.17) is 0 Å². The fourth-order valence-electron chi connectivity index (χ4n) is 1.55. The molecule has 0 spiro atoms. The van der Waals surface area contributed by atoms with Crippen LogP contribution in [-0.4, -0.2) is 34.9 Å². The number of amides is 1.